The number of alkyl halides is 1. The van der Waals surface area contributed by atoms with Crippen LogP contribution in [0.25, 0.3) is 0 Å². The van der Waals surface area contributed by atoms with Crippen LogP contribution in [0.5, 0.6) is 0 Å². The smallest absolute Gasteiger partial charge is 0.224 e. The number of carbonyl (C=O) groups is 1. The van der Waals surface area contributed by atoms with Crippen molar-refractivity contribution in [2.75, 3.05) is 0 Å². The van der Waals surface area contributed by atoms with Gasteiger partial charge < -0.3 is 5.32 Å². The minimum absolute atomic E-state index is 0.0373. The van der Waals surface area contributed by atoms with Crippen molar-refractivity contribution < 1.29 is 4.79 Å². The van der Waals surface area contributed by atoms with Crippen LogP contribution < -0.4 is 5.32 Å². The molecule has 5 heteroatoms. The summed E-state index contributed by atoms with van der Waals surface area (Å²) in [5.41, 5.74) is 0.549. The molecular weight excluding hydrogens is 337 g/mol. The van der Waals surface area contributed by atoms with Gasteiger partial charge in [0.2, 0.25) is 5.91 Å². The number of rotatable bonds is 4. The van der Waals surface area contributed by atoms with Crippen molar-refractivity contribution in [2.24, 2.45) is 0 Å². The third-order valence-corrected chi connectivity index (χ3v) is 4.69. The van der Waals surface area contributed by atoms with Crippen LogP contribution in [0.3, 0.4) is 0 Å². The van der Waals surface area contributed by atoms with Crippen molar-refractivity contribution in [2.45, 2.75) is 37.6 Å². The summed E-state index contributed by atoms with van der Waals surface area (Å²) >= 11 is 15.2. The summed E-state index contributed by atoms with van der Waals surface area (Å²) in [6.45, 7) is 5.94. The first-order chi connectivity index (χ1) is 8.22. The Labute approximate surface area is 126 Å². The van der Waals surface area contributed by atoms with Crippen LogP contribution in [0.2, 0.25) is 10.0 Å². The molecule has 0 aliphatic rings. The number of amides is 1. The molecular formula is C13H16BrCl2NO. The minimum atomic E-state index is -0.298. The highest BCUT2D eigenvalue weighted by Gasteiger charge is 2.25. The second kappa shape index (κ2) is 6.27. The lowest BCUT2D eigenvalue weighted by molar-refractivity contribution is -0.121. The number of halogens is 3. The number of nitrogens with one attached hydrogen (secondary N) is 1. The molecule has 0 spiro atoms. The van der Waals surface area contributed by atoms with Crippen molar-refractivity contribution in [1.29, 1.82) is 0 Å². The second-order valence-electron chi connectivity index (χ2n) is 4.81. The van der Waals surface area contributed by atoms with E-state index in [1.807, 2.05) is 20.8 Å². The monoisotopic (exact) mass is 351 g/mol. The van der Waals surface area contributed by atoms with Crippen LogP contribution >= 0.6 is 39.1 Å². The molecule has 0 saturated carbocycles. The average molecular weight is 353 g/mol. The third-order valence-electron chi connectivity index (χ3n) is 2.80. The molecule has 2 nitrogen and oxygen atoms in total. The first kappa shape index (κ1) is 15.8. The lowest BCUT2D eigenvalue weighted by Gasteiger charge is -2.29. The highest BCUT2D eigenvalue weighted by Crippen LogP contribution is 2.23. The Kier molecular flexibility index (Phi) is 5.50. The highest BCUT2D eigenvalue weighted by atomic mass is 79.9. The van der Waals surface area contributed by atoms with Crippen LogP contribution in [-0.2, 0) is 11.2 Å². The van der Waals surface area contributed by atoms with Crippen LogP contribution in [-0.4, -0.2) is 16.3 Å². The quantitative estimate of drug-likeness (QED) is 0.808. The van der Waals surface area contributed by atoms with E-state index in [2.05, 4.69) is 21.2 Å². The molecule has 0 aromatic heterocycles. The molecule has 18 heavy (non-hydrogen) atoms. The Bertz CT molecular complexity index is 447. The summed E-state index contributed by atoms with van der Waals surface area (Å²) in [5, 5.41) is 3.94. The summed E-state index contributed by atoms with van der Waals surface area (Å²) < 4.78 is 0. The van der Waals surface area contributed by atoms with Crippen molar-refractivity contribution in [1.82, 2.24) is 5.32 Å². The predicted octanol–water partition coefficient (Wildman–Crippen LogP) is 4.21. The zero-order chi connectivity index (χ0) is 13.9. The normalized spacial score (nSPS) is 13.2. The third kappa shape index (κ3) is 4.45. The zero-order valence-electron chi connectivity index (χ0n) is 10.6. The zero-order valence-corrected chi connectivity index (χ0v) is 13.7. The summed E-state index contributed by atoms with van der Waals surface area (Å²) in [4.78, 5) is 12.1. The molecule has 1 unspecified atom stereocenters. The molecule has 1 rings (SSSR count). The molecule has 0 aliphatic heterocycles. The van der Waals surface area contributed by atoms with Crippen LogP contribution in [0.1, 0.15) is 26.3 Å². The van der Waals surface area contributed by atoms with Gasteiger partial charge in [0, 0.05) is 10.4 Å². The van der Waals surface area contributed by atoms with E-state index in [4.69, 9.17) is 23.2 Å². The van der Waals surface area contributed by atoms with Gasteiger partial charge in [-0.2, -0.15) is 0 Å². The lowest BCUT2D eigenvalue weighted by atomic mass is 10.0. The molecule has 100 valence electrons. The fourth-order valence-electron chi connectivity index (χ4n) is 1.34. The van der Waals surface area contributed by atoms with Crippen LogP contribution in [0.4, 0.5) is 0 Å². The Hall–Kier alpha value is -0.250. The SMILES string of the molecule is CC(Br)C(C)(C)NC(=O)Cc1ccc(Cl)c(Cl)c1. The van der Waals surface area contributed by atoms with Gasteiger partial charge in [-0.15, -0.1) is 0 Å². The van der Waals surface area contributed by atoms with E-state index < -0.39 is 0 Å². The van der Waals surface area contributed by atoms with Gasteiger partial charge in [-0.1, -0.05) is 52.1 Å². The number of hydrogen-bond acceptors (Lipinski definition) is 1. The van der Waals surface area contributed by atoms with Gasteiger partial charge >= 0.3 is 0 Å². The molecule has 0 bridgehead atoms. The molecule has 1 N–H and O–H groups in total. The van der Waals surface area contributed by atoms with E-state index in [9.17, 15) is 4.79 Å². The predicted molar refractivity (Wildman–Crippen MR) is 80.8 cm³/mol. The average Bonchev–Trinajstić information content (AvgIpc) is 2.22. The largest absolute Gasteiger partial charge is 0.350 e. The summed E-state index contributed by atoms with van der Waals surface area (Å²) in [7, 11) is 0. The van der Waals surface area contributed by atoms with Gasteiger partial charge in [0.25, 0.3) is 0 Å². The Balaban J connectivity index is 2.68. The molecule has 1 atom stereocenters. The van der Waals surface area contributed by atoms with E-state index in [0.29, 0.717) is 16.5 Å². The van der Waals surface area contributed by atoms with Crippen LogP contribution in [0.15, 0.2) is 18.2 Å². The summed E-state index contributed by atoms with van der Waals surface area (Å²) in [5.74, 6) is -0.0373. The highest BCUT2D eigenvalue weighted by molar-refractivity contribution is 9.09. The minimum Gasteiger partial charge on any atom is -0.350 e. The Morgan fingerprint density at radius 3 is 2.50 bits per heavy atom. The fourth-order valence-corrected chi connectivity index (χ4v) is 1.77. The maximum Gasteiger partial charge on any atom is 0.224 e. The first-order valence-electron chi connectivity index (χ1n) is 5.61. The van der Waals surface area contributed by atoms with Gasteiger partial charge in [0.15, 0.2) is 0 Å². The molecule has 0 heterocycles. The maximum atomic E-state index is 11.9. The standard InChI is InChI=1S/C13H16BrCl2NO/c1-8(14)13(2,3)17-12(18)7-9-4-5-10(15)11(16)6-9/h4-6,8H,7H2,1-3H3,(H,17,18). The molecule has 0 aliphatic carbocycles. The van der Waals surface area contributed by atoms with Gasteiger partial charge in [0.1, 0.15) is 0 Å². The van der Waals surface area contributed by atoms with E-state index >= 15 is 0 Å². The number of hydrogen-bond donors (Lipinski definition) is 1. The Morgan fingerprint density at radius 2 is 2.00 bits per heavy atom. The Morgan fingerprint density at radius 1 is 1.39 bits per heavy atom. The van der Waals surface area contributed by atoms with Crippen molar-refractivity contribution in [3.05, 3.63) is 33.8 Å². The van der Waals surface area contributed by atoms with E-state index in [-0.39, 0.29) is 16.3 Å². The number of carbonyl (C=O) groups excluding carboxylic acids is 1. The number of benzene rings is 1. The second-order valence-corrected chi connectivity index (χ2v) is 7.00. The van der Waals surface area contributed by atoms with Crippen molar-refractivity contribution in [3.63, 3.8) is 0 Å². The molecule has 1 amide bonds. The van der Waals surface area contributed by atoms with Crippen molar-refractivity contribution in [3.8, 4) is 0 Å². The van der Waals surface area contributed by atoms with E-state index in [1.165, 1.54) is 0 Å². The lowest BCUT2D eigenvalue weighted by Crippen LogP contribution is -2.49. The molecule has 0 saturated heterocycles. The molecule has 0 fully saturated rings. The van der Waals surface area contributed by atoms with E-state index in [0.717, 1.165) is 5.56 Å². The topological polar surface area (TPSA) is 29.1 Å². The molecule has 1 aromatic carbocycles. The maximum absolute atomic E-state index is 11.9. The molecule has 0 radical (unpaired) electrons. The van der Waals surface area contributed by atoms with Crippen molar-refractivity contribution >= 4 is 45.0 Å². The van der Waals surface area contributed by atoms with E-state index in [1.54, 1.807) is 18.2 Å². The van der Waals surface area contributed by atoms with Gasteiger partial charge in [-0.3, -0.25) is 4.79 Å². The first-order valence-corrected chi connectivity index (χ1v) is 7.28. The summed E-state index contributed by atoms with van der Waals surface area (Å²) in [6, 6.07) is 5.22. The molecule has 1 aromatic rings. The van der Waals surface area contributed by atoms with Crippen LogP contribution in [0, 0.1) is 0 Å². The van der Waals surface area contributed by atoms with Gasteiger partial charge in [-0.05, 0) is 31.5 Å². The van der Waals surface area contributed by atoms with Gasteiger partial charge in [-0.25, -0.2) is 0 Å². The van der Waals surface area contributed by atoms with Gasteiger partial charge in [0.05, 0.1) is 16.5 Å². The summed E-state index contributed by atoms with van der Waals surface area (Å²) in [6.07, 6.45) is 0.292. The fraction of sp³-hybridized carbons (Fsp3) is 0.462.